The van der Waals surface area contributed by atoms with Gasteiger partial charge < -0.3 is 15.4 Å². The number of ether oxygens (including phenoxy) is 1. The molecule has 2 N–H and O–H groups in total. The third kappa shape index (κ3) is 4.90. The second-order valence-electron chi connectivity index (χ2n) is 7.75. The molecular formula is C24H28FN3O4. The van der Waals surface area contributed by atoms with Gasteiger partial charge in [0.2, 0.25) is 5.91 Å². The van der Waals surface area contributed by atoms with Crippen molar-refractivity contribution in [1.82, 2.24) is 15.5 Å². The van der Waals surface area contributed by atoms with Crippen LogP contribution < -0.4 is 15.4 Å². The van der Waals surface area contributed by atoms with E-state index in [1.807, 2.05) is 31.2 Å². The van der Waals surface area contributed by atoms with Gasteiger partial charge in [-0.25, -0.2) is 9.18 Å². The standard InChI is InChI=1S/C24H28FN3O4/c1-3-4-14-24(18-9-11-19(25)12-10-18)22(30)28(23(31)27-24)16-21(29)26-15-13-17-7-5-6-8-20(17)32-2/h5-12H,3-4,13-16H2,1-2H3,(H,26,29)(H,27,31). The molecule has 1 unspecified atom stereocenters. The summed E-state index contributed by atoms with van der Waals surface area (Å²) in [6, 6.07) is 12.4. The first-order valence-electron chi connectivity index (χ1n) is 10.7. The molecule has 1 aliphatic rings. The van der Waals surface area contributed by atoms with Gasteiger partial charge in [0.25, 0.3) is 5.91 Å². The average Bonchev–Trinajstić information content (AvgIpc) is 3.03. The number of para-hydroxylation sites is 1. The zero-order valence-electron chi connectivity index (χ0n) is 18.3. The largest absolute Gasteiger partial charge is 0.496 e. The number of unbranched alkanes of at least 4 members (excludes halogenated alkanes) is 1. The van der Waals surface area contributed by atoms with Crippen LogP contribution in [-0.2, 0) is 21.5 Å². The molecule has 1 heterocycles. The number of amides is 4. The number of carbonyl (C=O) groups excluding carboxylic acids is 3. The number of carbonyl (C=O) groups is 3. The Hall–Kier alpha value is -3.42. The van der Waals surface area contributed by atoms with Gasteiger partial charge in [-0.1, -0.05) is 50.1 Å². The Morgan fingerprint density at radius 2 is 1.88 bits per heavy atom. The van der Waals surface area contributed by atoms with Crippen molar-refractivity contribution in [2.24, 2.45) is 0 Å². The topological polar surface area (TPSA) is 87.7 Å². The maximum atomic E-state index is 13.4. The Morgan fingerprint density at radius 3 is 2.56 bits per heavy atom. The second-order valence-corrected chi connectivity index (χ2v) is 7.75. The fourth-order valence-electron chi connectivity index (χ4n) is 3.90. The van der Waals surface area contributed by atoms with Crippen molar-refractivity contribution in [3.05, 3.63) is 65.5 Å². The highest BCUT2D eigenvalue weighted by molar-refractivity contribution is 6.09. The van der Waals surface area contributed by atoms with E-state index >= 15 is 0 Å². The number of nitrogens with zero attached hydrogens (tertiary/aromatic N) is 1. The summed E-state index contributed by atoms with van der Waals surface area (Å²) in [7, 11) is 1.58. The number of rotatable bonds is 10. The number of imide groups is 1. The molecule has 32 heavy (non-hydrogen) atoms. The van der Waals surface area contributed by atoms with Gasteiger partial charge in [-0.05, 0) is 42.2 Å². The number of hydrogen-bond donors (Lipinski definition) is 2. The van der Waals surface area contributed by atoms with Gasteiger partial charge in [0.05, 0.1) is 7.11 Å². The van der Waals surface area contributed by atoms with E-state index in [1.165, 1.54) is 24.3 Å². The van der Waals surface area contributed by atoms with Crippen LogP contribution in [0.5, 0.6) is 5.75 Å². The van der Waals surface area contributed by atoms with Crippen molar-refractivity contribution < 1.29 is 23.5 Å². The van der Waals surface area contributed by atoms with E-state index in [4.69, 9.17) is 4.74 Å². The van der Waals surface area contributed by atoms with Crippen molar-refractivity contribution in [2.75, 3.05) is 20.2 Å². The Balaban J connectivity index is 1.67. The molecule has 0 saturated carbocycles. The molecule has 1 atom stereocenters. The lowest BCUT2D eigenvalue weighted by Crippen LogP contribution is -2.45. The van der Waals surface area contributed by atoms with Crippen molar-refractivity contribution in [3.8, 4) is 5.75 Å². The van der Waals surface area contributed by atoms with E-state index in [0.29, 0.717) is 31.4 Å². The molecule has 3 rings (SSSR count). The van der Waals surface area contributed by atoms with Crippen LogP contribution in [0.3, 0.4) is 0 Å². The molecule has 0 spiro atoms. The molecular weight excluding hydrogens is 413 g/mol. The Kier molecular flexibility index (Phi) is 7.45. The quantitative estimate of drug-likeness (QED) is 0.555. The minimum Gasteiger partial charge on any atom is -0.496 e. The molecule has 1 saturated heterocycles. The van der Waals surface area contributed by atoms with Gasteiger partial charge in [-0.3, -0.25) is 14.5 Å². The molecule has 0 aliphatic carbocycles. The minimum absolute atomic E-state index is 0.335. The molecule has 2 aromatic rings. The lowest BCUT2D eigenvalue weighted by Gasteiger charge is -2.27. The van der Waals surface area contributed by atoms with Crippen LogP contribution in [0.15, 0.2) is 48.5 Å². The lowest BCUT2D eigenvalue weighted by molar-refractivity contribution is -0.135. The van der Waals surface area contributed by atoms with Crippen LogP contribution >= 0.6 is 0 Å². The van der Waals surface area contributed by atoms with Crippen LogP contribution in [0.25, 0.3) is 0 Å². The summed E-state index contributed by atoms with van der Waals surface area (Å²) >= 11 is 0. The van der Waals surface area contributed by atoms with Gasteiger partial charge in [-0.2, -0.15) is 0 Å². The predicted molar refractivity (Wildman–Crippen MR) is 118 cm³/mol. The number of urea groups is 1. The third-order valence-corrected chi connectivity index (χ3v) is 5.63. The van der Waals surface area contributed by atoms with E-state index in [0.717, 1.165) is 22.6 Å². The lowest BCUT2D eigenvalue weighted by atomic mass is 9.85. The summed E-state index contributed by atoms with van der Waals surface area (Å²) in [5.41, 5.74) is 0.156. The summed E-state index contributed by atoms with van der Waals surface area (Å²) in [5.74, 6) is -0.630. The van der Waals surface area contributed by atoms with Crippen LogP contribution in [0.2, 0.25) is 0 Å². The number of halogens is 1. The van der Waals surface area contributed by atoms with Crippen molar-refractivity contribution in [1.29, 1.82) is 0 Å². The monoisotopic (exact) mass is 441 g/mol. The van der Waals surface area contributed by atoms with Crippen molar-refractivity contribution in [3.63, 3.8) is 0 Å². The van der Waals surface area contributed by atoms with E-state index in [9.17, 15) is 18.8 Å². The van der Waals surface area contributed by atoms with Gasteiger partial charge >= 0.3 is 6.03 Å². The number of methoxy groups -OCH3 is 1. The van der Waals surface area contributed by atoms with Crippen LogP contribution in [0.4, 0.5) is 9.18 Å². The second kappa shape index (κ2) is 10.3. The van der Waals surface area contributed by atoms with Gasteiger partial charge in [0.15, 0.2) is 0 Å². The first kappa shape index (κ1) is 23.2. The summed E-state index contributed by atoms with van der Waals surface area (Å²) in [5, 5.41) is 5.51. The summed E-state index contributed by atoms with van der Waals surface area (Å²) in [6.45, 7) is 1.93. The summed E-state index contributed by atoms with van der Waals surface area (Å²) in [6.07, 6.45) is 2.41. The third-order valence-electron chi connectivity index (χ3n) is 5.63. The molecule has 8 heteroatoms. The number of benzene rings is 2. The van der Waals surface area contributed by atoms with E-state index in [-0.39, 0.29) is 6.54 Å². The summed E-state index contributed by atoms with van der Waals surface area (Å²) < 4.78 is 18.7. The Bertz CT molecular complexity index is 979. The molecule has 4 amide bonds. The fourth-order valence-corrected chi connectivity index (χ4v) is 3.90. The van der Waals surface area contributed by atoms with E-state index in [2.05, 4.69) is 10.6 Å². The van der Waals surface area contributed by atoms with E-state index in [1.54, 1.807) is 7.11 Å². The van der Waals surface area contributed by atoms with Gasteiger partial charge in [-0.15, -0.1) is 0 Å². The molecule has 0 bridgehead atoms. The first-order chi connectivity index (χ1) is 15.4. The Labute approximate surface area is 186 Å². The number of hydrogen-bond acceptors (Lipinski definition) is 4. The van der Waals surface area contributed by atoms with Gasteiger partial charge in [0, 0.05) is 6.54 Å². The smallest absolute Gasteiger partial charge is 0.325 e. The van der Waals surface area contributed by atoms with Crippen molar-refractivity contribution in [2.45, 2.75) is 38.1 Å². The minimum atomic E-state index is -1.29. The molecule has 0 radical (unpaired) electrons. The molecule has 170 valence electrons. The van der Waals surface area contributed by atoms with Crippen LogP contribution in [0.1, 0.15) is 37.3 Å². The maximum Gasteiger partial charge on any atom is 0.325 e. The maximum absolute atomic E-state index is 13.4. The van der Waals surface area contributed by atoms with Gasteiger partial charge in [0.1, 0.15) is 23.7 Å². The van der Waals surface area contributed by atoms with Crippen LogP contribution in [0, 0.1) is 5.82 Å². The molecule has 1 aliphatic heterocycles. The highest BCUT2D eigenvalue weighted by atomic mass is 19.1. The molecule has 7 nitrogen and oxygen atoms in total. The van der Waals surface area contributed by atoms with Crippen molar-refractivity contribution >= 4 is 17.8 Å². The molecule has 0 aromatic heterocycles. The SMILES string of the molecule is CCCCC1(c2ccc(F)cc2)NC(=O)N(CC(=O)NCCc2ccccc2OC)C1=O. The Morgan fingerprint density at radius 1 is 1.16 bits per heavy atom. The zero-order valence-corrected chi connectivity index (χ0v) is 18.3. The fraction of sp³-hybridized carbons (Fsp3) is 0.375. The van der Waals surface area contributed by atoms with Crippen LogP contribution in [-0.4, -0.2) is 42.9 Å². The van der Waals surface area contributed by atoms with E-state index < -0.39 is 29.2 Å². The first-order valence-corrected chi connectivity index (χ1v) is 10.7. The molecule has 2 aromatic carbocycles. The number of nitrogens with one attached hydrogen (secondary N) is 2. The highest BCUT2D eigenvalue weighted by Gasteiger charge is 2.52. The normalized spacial score (nSPS) is 17.9. The average molecular weight is 442 g/mol. The summed E-state index contributed by atoms with van der Waals surface area (Å²) in [4.78, 5) is 39.3. The highest BCUT2D eigenvalue weighted by Crippen LogP contribution is 2.34. The predicted octanol–water partition coefficient (Wildman–Crippen LogP) is 3.13. The zero-order chi connectivity index (χ0) is 23.1. The molecule has 1 fully saturated rings.